The maximum Gasteiger partial charge on any atom is 0.407 e. The zero-order valence-corrected chi connectivity index (χ0v) is 15.6. The van der Waals surface area contributed by atoms with Gasteiger partial charge in [-0.1, -0.05) is 0 Å². The molecule has 132 valence electrons. The highest BCUT2D eigenvalue weighted by Crippen LogP contribution is 2.26. The number of carbonyl (C=O) groups excluding carboxylic acids is 1. The molecule has 0 radical (unpaired) electrons. The second kappa shape index (κ2) is 7.06. The monoisotopic (exact) mass is 401 g/mol. The first kappa shape index (κ1) is 18.7. The lowest BCUT2D eigenvalue weighted by atomic mass is 10.2. The van der Waals surface area contributed by atoms with E-state index in [1.807, 2.05) is 0 Å². The fourth-order valence-electron chi connectivity index (χ4n) is 2.32. The molecule has 0 aliphatic heterocycles. The number of alkyl carbamates (subject to hydrolysis) is 1. The van der Waals surface area contributed by atoms with Crippen LogP contribution < -0.4 is 5.32 Å². The second-order valence-corrected chi connectivity index (χ2v) is 7.42. The third-order valence-electron chi connectivity index (χ3n) is 3.23. The van der Waals surface area contributed by atoms with Crippen molar-refractivity contribution in [2.75, 3.05) is 6.54 Å². The van der Waals surface area contributed by atoms with Crippen LogP contribution in [0.25, 0.3) is 11.0 Å². The van der Waals surface area contributed by atoms with Crippen LogP contribution in [-0.2, 0) is 11.3 Å². The van der Waals surface area contributed by atoms with Crippen LogP contribution in [0.2, 0.25) is 0 Å². The highest BCUT2D eigenvalue weighted by molar-refractivity contribution is 9.10. The van der Waals surface area contributed by atoms with Gasteiger partial charge in [-0.15, -0.1) is 0 Å². The van der Waals surface area contributed by atoms with Crippen LogP contribution in [0.3, 0.4) is 0 Å². The number of aliphatic hydroxyl groups is 1. The van der Waals surface area contributed by atoms with Gasteiger partial charge in [0.25, 0.3) is 0 Å². The van der Waals surface area contributed by atoms with E-state index in [4.69, 9.17) is 4.74 Å². The molecule has 0 aliphatic rings. The van der Waals surface area contributed by atoms with Gasteiger partial charge < -0.3 is 19.7 Å². The SMILES string of the molecule is Cc1nc2cc(F)cc(Br)c2n1C[C@@H](O)CNC(=O)OC(C)(C)C. The Morgan fingerprint density at radius 1 is 1.50 bits per heavy atom. The maximum atomic E-state index is 13.5. The van der Waals surface area contributed by atoms with Crippen LogP contribution in [0, 0.1) is 12.7 Å². The predicted octanol–water partition coefficient (Wildman–Crippen LogP) is 3.13. The van der Waals surface area contributed by atoms with E-state index in [0.29, 0.717) is 21.3 Å². The molecule has 0 aliphatic carbocycles. The molecule has 24 heavy (non-hydrogen) atoms. The highest BCUT2D eigenvalue weighted by atomic mass is 79.9. The molecule has 1 heterocycles. The Morgan fingerprint density at radius 3 is 2.79 bits per heavy atom. The van der Waals surface area contributed by atoms with Crippen LogP contribution in [0.1, 0.15) is 26.6 Å². The molecule has 0 unspecified atom stereocenters. The van der Waals surface area contributed by atoms with Crippen molar-refractivity contribution in [2.45, 2.75) is 45.9 Å². The summed E-state index contributed by atoms with van der Waals surface area (Å²) in [4.78, 5) is 15.9. The number of aryl methyl sites for hydroxylation is 1. The van der Waals surface area contributed by atoms with Crippen molar-refractivity contribution in [1.29, 1.82) is 0 Å². The molecule has 2 N–H and O–H groups in total. The van der Waals surface area contributed by atoms with Crippen LogP contribution in [0.15, 0.2) is 16.6 Å². The Balaban J connectivity index is 2.07. The molecular weight excluding hydrogens is 381 g/mol. The van der Waals surface area contributed by atoms with Gasteiger partial charge in [-0.3, -0.25) is 0 Å². The molecule has 0 fully saturated rings. The molecule has 0 saturated heterocycles. The van der Waals surface area contributed by atoms with Gasteiger partial charge in [0.05, 0.1) is 23.7 Å². The lowest BCUT2D eigenvalue weighted by molar-refractivity contribution is 0.0485. The van der Waals surface area contributed by atoms with Gasteiger partial charge >= 0.3 is 6.09 Å². The summed E-state index contributed by atoms with van der Waals surface area (Å²) in [6.07, 6.45) is -1.43. The summed E-state index contributed by atoms with van der Waals surface area (Å²) in [5, 5.41) is 12.7. The minimum Gasteiger partial charge on any atom is -0.444 e. The number of nitrogens with zero attached hydrogens (tertiary/aromatic N) is 2. The summed E-state index contributed by atoms with van der Waals surface area (Å²) in [6, 6.07) is 2.69. The lowest BCUT2D eigenvalue weighted by Crippen LogP contribution is -2.38. The van der Waals surface area contributed by atoms with Gasteiger partial charge in [0.15, 0.2) is 0 Å². The maximum absolute atomic E-state index is 13.5. The fraction of sp³-hybridized carbons (Fsp3) is 0.500. The Labute approximate surface area is 148 Å². The lowest BCUT2D eigenvalue weighted by Gasteiger charge is -2.21. The number of fused-ring (bicyclic) bond motifs is 1. The topological polar surface area (TPSA) is 76.4 Å². The van der Waals surface area contributed by atoms with Crippen LogP contribution >= 0.6 is 15.9 Å². The number of imidazole rings is 1. The third-order valence-corrected chi connectivity index (χ3v) is 3.83. The molecule has 1 atom stereocenters. The molecule has 0 saturated carbocycles. The first-order valence-corrected chi connectivity index (χ1v) is 8.33. The van der Waals surface area contributed by atoms with E-state index in [2.05, 4.69) is 26.2 Å². The van der Waals surface area contributed by atoms with Gasteiger partial charge in [0, 0.05) is 17.1 Å². The standard InChI is InChI=1S/C16H21BrFN3O3/c1-9-20-13-6-10(18)5-12(17)14(13)21(9)8-11(22)7-19-15(23)24-16(2,3)4/h5-6,11,22H,7-8H2,1-4H3,(H,19,23)/t11-/m0/s1. The number of rotatable bonds is 4. The third kappa shape index (κ3) is 4.67. The largest absolute Gasteiger partial charge is 0.444 e. The van der Waals surface area contributed by atoms with E-state index >= 15 is 0 Å². The number of benzene rings is 1. The number of aliphatic hydroxyl groups excluding tert-OH is 1. The Kier molecular flexibility index (Phi) is 5.49. The van der Waals surface area contributed by atoms with Gasteiger partial charge in [0.1, 0.15) is 17.2 Å². The number of hydrogen-bond donors (Lipinski definition) is 2. The minimum atomic E-state index is -0.842. The quantitative estimate of drug-likeness (QED) is 0.824. The Hall–Kier alpha value is -1.67. The van der Waals surface area contributed by atoms with Crippen molar-refractivity contribution < 1.29 is 19.0 Å². The Morgan fingerprint density at radius 2 is 2.17 bits per heavy atom. The number of ether oxygens (including phenoxy) is 1. The molecule has 8 heteroatoms. The molecule has 0 spiro atoms. The zero-order chi connectivity index (χ0) is 18.1. The zero-order valence-electron chi connectivity index (χ0n) is 14.1. The summed E-state index contributed by atoms with van der Waals surface area (Å²) >= 11 is 3.32. The average molecular weight is 402 g/mol. The summed E-state index contributed by atoms with van der Waals surface area (Å²) in [5.74, 6) is 0.263. The van der Waals surface area contributed by atoms with E-state index in [0.717, 1.165) is 0 Å². The van der Waals surface area contributed by atoms with E-state index in [1.165, 1.54) is 12.1 Å². The molecule has 1 amide bonds. The number of amides is 1. The van der Waals surface area contributed by atoms with Gasteiger partial charge in [-0.25, -0.2) is 14.2 Å². The van der Waals surface area contributed by atoms with Crippen molar-refractivity contribution in [3.63, 3.8) is 0 Å². The number of aromatic nitrogens is 2. The normalized spacial score (nSPS) is 13.1. The van der Waals surface area contributed by atoms with E-state index < -0.39 is 17.8 Å². The summed E-state index contributed by atoms with van der Waals surface area (Å²) in [7, 11) is 0. The Bertz CT molecular complexity index is 755. The number of carbonyl (C=O) groups is 1. The van der Waals surface area contributed by atoms with Crippen molar-refractivity contribution in [2.24, 2.45) is 0 Å². The van der Waals surface area contributed by atoms with Crippen molar-refractivity contribution in [1.82, 2.24) is 14.9 Å². The number of hydrogen-bond acceptors (Lipinski definition) is 4. The minimum absolute atomic E-state index is 0.0346. The molecular formula is C16H21BrFN3O3. The molecule has 2 aromatic rings. The van der Waals surface area contributed by atoms with Gasteiger partial charge in [-0.2, -0.15) is 0 Å². The van der Waals surface area contributed by atoms with E-state index in [9.17, 15) is 14.3 Å². The molecule has 1 aromatic carbocycles. The van der Waals surface area contributed by atoms with Crippen molar-refractivity contribution in [3.05, 3.63) is 28.2 Å². The van der Waals surface area contributed by atoms with Gasteiger partial charge in [0.2, 0.25) is 0 Å². The van der Waals surface area contributed by atoms with Crippen LogP contribution in [0.5, 0.6) is 0 Å². The molecule has 0 bridgehead atoms. The van der Waals surface area contributed by atoms with E-state index in [1.54, 1.807) is 32.3 Å². The summed E-state index contributed by atoms with van der Waals surface area (Å²) < 4.78 is 20.9. The molecule has 2 rings (SSSR count). The van der Waals surface area contributed by atoms with Crippen LogP contribution in [-0.4, -0.2) is 39.0 Å². The summed E-state index contributed by atoms with van der Waals surface area (Å²) in [5.41, 5.74) is 0.609. The first-order valence-electron chi connectivity index (χ1n) is 7.53. The molecule has 1 aromatic heterocycles. The van der Waals surface area contributed by atoms with E-state index in [-0.39, 0.29) is 18.9 Å². The first-order chi connectivity index (χ1) is 11.1. The predicted molar refractivity (Wildman–Crippen MR) is 92.4 cm³/mol. The number of halogens is 2. The van der Waals surface area contributed by atoms with Crippen LogP contribution in [0.4, 0.5) is 9.18 Å². The average Bonchev–Trinajstić information content (AvgIpc) is 2.70. The van der Waals surface area contributed by atoms with Gasteiger partial charge in [-0.05, 0) is 49.7 Å². The number of nitrogens with one attached hydrogen (secondary N) is 1. The van der Waals surface area contributed by atoms with Crippen molar-refractivity contribution >= 4 is 33.1 Å². The second-order valence-electron chi connectivity index (χ2n) is 6.56. The molecule has 6 nitrogen and oxygen atoms in total. The smallest absolute Gasteiger partial charge is 0.407 e. The highest BCUT2D eigenvalue weighted by Gasteiger charge is 2.18. The fourth-order valence-corrected chi connectivity index (χ4v) is 2.95. The summed E-state index contributed by atoms with van der Waals surface area (Å²) in [6.45, 7) is 7.32. The van der Waals surface area contributed by atoms with Crippen molar-refractivity contribution in [3.8, 4) is 0 Å².